The molecule has 0 spiro atoms. The standard InChI is InChI=1S/C20H22ClNO6/c1-4-26-17-7-5-6-8-18(17)27-12-19(23)28-13(2)20(24)22-15-11-14(21)9-10-16(15)25-3/h5-11,13H,4,12H2,1-3H3,(H,22,24)/t13-/m0/s1. The van der Waals surface area contributed by atoms with E-state index in [2.05, 4.69) is 5.32 Å². The fourth-order valence-electron chi connectivity index (χ4n) is 2.28. The summed E-state index contributed by atoms with van der Waals surface area (Å²) in [5, 5.41) is 3.05. The maximum Gasteiger partial charge on any atom is 0.344 e. The van der Waals surface area contributed by atoms with Gasteiger partial charge in [0.05, 0.1) is 19.4 Å². The summed E-state index contributed by atoms with van der Waals surface area (Å²) >= 11 is 5.94. The van der Waals surface area contributed by atoms with Gasteiger partial charge in [0.15, 0.2) is 24.2 Å². The third kappa shape index (κ3) is 6.06. The predicted molar refractivity (Wildman–Crippen MR) is 105 cm³/mol. The Morgan fingerprint density at radius 1 is 1.07 bits per heavy atom. The second kappa shape index (κ2) is 10.4. The number of ether oxygens (including phenoxy) is 4. The minimum atomic E-state index is -1.04. The number of amides is 1. The van der Waals surface area contributed by atoms with E-state index in [1.807, 2.05) is 6.92 Å². The van der Waals surface area contributed by atoms with E-state index in [0.29, 0.717) is 34.6 Å². The van der Waals surface area contributed by atoms with E-state index in [4.69, 9.17) is 30.5 Å². The van der Waals surface area contributed by atoms with Crippen LogP contribution in [-0.4, -0.2) is 38.3 Å². The Kier molecular flexibility index (Phi) is 7.95. The number of carbonyl (C=O) groups excluding carboxylic acids is 2. The minimum absolute atomic E-state index is 0.359. The van der Waals surface area contributed by atoms with Gasteiger partial charge in [0.2, 0.25) is 0 Å². The molecule has 7 nitrogen and oxygen atoms in total. The molecule has 0 aliphatic rings. The number of esters is 1. The third-order valence-electron chi connectivity index (χ3n) is 3.59. The van der Waals surface area contributed by atoms with Crippen molar-refractivity contribution in [3.63, 3.8) is 0 Å². The molecular formula is C20H22ClNO6. The Labute approximate surface area is 168 Å². The van der Waals surface area contributed by atoms with E-state index in [1.165, 1.54) is 14.0 Å². The van der Waals surface area contributed by atoms with Crippen molar-refractivity contribution in [2.24, 2.45) is 0 Å². The molecule has 28 heavy (non-hydrogen) atoms. The quantitative estimate of drug-likeness (QED) is 0.638. The van der Waals surface area contributed by atoms with Crippen LogP contribution in [0.15, 0.2) is 42.5 Å². The Balaban J connectivity index is 1.90. The average molecular weight is 408 g/mol. The van der Waals surface area contributed by atoms with Gasteiger partial charge in [-0.2, -0.15) is 0 Å². The minimum Gasteiger partial charge on any atom is -0.495 e. The van der Waals surface area contributed by atoms with Crippen LogP contribution in [0.5, 0.6) is 17.2 Å². The molecular weight excluding hydrogens is 386 g/mol. The summed E-state index contributed by atoms with van der Waals surface area (Å²) in [6, 6.07) is 11.8. The molecule has 1 amide bonds. The fourth-order valence-corrected chi connectivity index (χ4v) is 2.45. The van der Waals surface area contributed by atoms with Crippen LogP contribution in [0.4, 0.5) is 5.69 Å². The number of para-hydroxylation sites is 2. The van der Waals surface area contributed by atoms with Crippen molar-refractivity contribution in [2.75, 3.05) is 25.6 Å². The summed E-state index contributed by atoms with van der Waals surface area (Å²) < 4.78 is 21.1. The third-order valence-corrected chi connectivity index (χ3v) is 3.83. The molecule has 1 atom stereocenters. The van der Waals surface area contributed by atoms with Gasteiger partial charge in [0.1, 0.15) is 5.75 Å². The summed E-state index contributed by atoms with van der Waals surface area (Å²) in [6.45, 7) is 3.41. The topological polar surface area (TPSA) is 83.1 Å². The molecule has 8 heteroatoms. The first-order chi connectivity index (χ1) is 13.4. The summed E-state index contributed by atoms with van der Waals surface area (Å²) in [5.74, 6) is 0.168. The number of hydrogen-bond acceptors (Lipinski definition) is 6. The second-order valence-electron chi connectivity index (χ2n) is 5.63. The van der Waals surface area contributed by atoms with Gasteiger partial charge in [-0.15, -0.1) is 0 Å². The van der Waals surface area contributed by atoms with Gasteiger partial charge in [-0.3, -0.25) is 4.79 Å². The van der Waals surface area contributed by atoms with E-state index in [1.54, 1.807) is 42.5 Å². The Hall–Kier alpha value is -2.93. The van der Waals surface area contributed by atoms with Gasteiger partial charge in [0, 0.05) is 5.02 Å². The molecule has 0 heterocycles. The van der Waals surface area contributed by atoms with E-state index in [9.17, 15) is 9.59 Å². The first-order valence-corrected chi connectivity index (χ1v) is 9.01. The van der Waals surface area contributed by atoms with Crippen LogP contribution in [0.25, 0.3) is 0 Å². The van der Waals surface area contributed by atoms with Gasteiger partial charge in [0.25, 0.3) is 5.91 Å². The van der Waals surface area contributed by atoms with E-state index in [0.717, 1.165) is 0 Å². The highest BCUT2D eigenvalue weighted by molar-refractivity contribution is 6.31. The van der Waals surface area contributed by atoms with Crippen molar-refractivity contribution in [1.82, 2.24) is 0 Å². The molecule has 0 fully saturated rings. The SMILES string of the molecule is CCOc1ccccc1OCC(=O)O[C@@H](C)C(=O)Nc1cc(Cl)ccc1OC. The molecule has 0 aromatic heterocycles. The summed E-state index contributed by atoms with van der Waals surface area (Å²) in [4.78, 5) is 24.3. The van der Waals surface area contributed by atoms with Crippen LogP contribution in [-0.2, 0) is 14.3 Å². The molecule has 0 saturated carbocycles. The highest BCUT2D eigenvalue weighted by Crippen LogP contribution is 2.28. The number of benzene rings is 2. The molecule has 150 valence electrons. The predicted octanol–water partition coefficient (Wildman–Crippen LogP) is 3.70. The van der Waals surface area contributed by atoms with Gasteiger partial charge < -0.3 is 24.3 Å². The van der Waals surface area contributed by atoms with Gasteiger partial charge in [-0.05, 0) is 44.2 Å². The van der Waals surface area contributed by atoms with Crippen LogP contribution in [0.1, 0.15) is 13.8 Å². The monoisotopic (exact) mass is 407 g/mol. The lowest BCUT2D eigenvalue weighted by atomic mass is 10.2. The van der Waals surface area contributed by atoms with Crippen molar-refractivity contribution in [2.45, 2.75) is 20.0 Å². The molecule has 1 N–H and O–H groups in total. The Morgan fingerprint density at radius 3 is 2.39 bits per heavy atom. The number of carbonyl (C=O) groups is 2. The molecule has 0 saturated heterocycles. The number of hydrogen-bond donors (Lipinski definition) is 1. The average Bonchev–Trinajstić information content (AvgIpc) is 2.67. The van der Waals surface area contributed by atoms with Crippen molar-refractivity contribution in [1.29, 1.82) is 0 Å². The first-order valence-electron chi connectivity index (χ1n) is 8.63. The normalized spacial score (nSPS) is 11.3. The van der Waals surface area contributed by atoms with Crippen molar-refractivity contribution >= 4 is 29.2 Å². The zero-order valence-corrected chi connectivity index (χ0v) is 16.6. The lowest BCUT2D eigenvalue weighted by Crippen LogP contribution is -2.31. The molecule has 0 radical (unpaired) electrons. The van der Waals surface area contributed by atoms with E-state index in [-0.39, 0.29) is 6.61 Å². The maximum atomic E-state index is 12.3. The highest BCUT2D eigenvalue weighted by atomic mass is 35.5. The number of rotatable bonds is 9. The first kappa shape index (κ1) is 21.4. The van der Waals surface area contributed by atoms with Crippen molar-refractivity contribution < 1.29 is 28.5 Å². The van der Waals surface area contributed by atoms with Crippen molar-refractivity contribution in [3.05, 3.63) is 47.5 Å². The van der Waals surface area contributed by atoms with Crippen LogP contribution in [0, 0.1) is 0 Å². The summed E-state index contributed by atoms with van der Waals surface area (Å²) in [5.41, 5.74) is 0.379. The number of anilines is 1. The molecule has 0 aliphatic carbocycles. The molecule has 0 unspecified atom stereocenters. The van der Waals surface area contributed by atoms with Crippen molar-refractivity contribution in [3.8, 4) is 17.2 Å². The van der Waals surface area contributed by atoms with Crippen LogP contribution >= 0.6 is 11.6 Å². The van der Waals surface area contributed by atoms with E-state index >= 15 is 0 Å². The molecule has 0 aliphatic heterocycles. The largest absolute Gasteiger partial charge is 0.495 e. The van der Waals surface area contributed by atoms with Gasteiger partial charge >= 0.3 is 5.97 Å². The summed E-state index contributed by atoms with van der Waals surface area (Å²) in [6.07, 6.45) is -1.04. The summed E-state index contributed by atoms with van der Waals surface area (Å²) in [7, 11) is 1.47. The lowest BCUT2D eigenvalue weighted by Gasteiger charge is -2.16. The Morgan fingerprint density at radius 2 is 1.75 bits per heavy atom. The zero-order valence-electron chi connectivity index (χ0n) is 15.9. The maximum absolute atomic E-state index is 12.3. The fraction of sp³-hybridized carbons (Fsp3) is 0.300. The van der Waals surface area contributed by atoms with E-state index < -0.39 is 18.0 Å². The van der Waals surface area contributed by atoms with Gasteiger partial charge in [-0.25, -0.2) is 4.79 Å². The number of methoxy groups -OCH3 is 1. The molecule has 2 aromatic rings. The molecule has 2 aromatic carbocycles. The van der Waals surface area contributed by atoms with Gasteiger partial charge in [-0.1, -0.05) is 23.7 Å². The lowest BCUT2D eigenvalue weighted by molar-refractivity contribution is -0.155. The smallest absolute Gasteiger partial charge is 0.344 e. The highest BCUT2D eigenvalue weighted by Gasteiger charge is 2.20. The number of halogens is 1. The molecule has 2 rings (SSSR count). The van der Waals surface area contributed by atoms with Crippen LogP contribution in [0.2, 0.25) is 5.02 Å². The van der Waals surface area contributed by atoms with Crippen LogP contribution < -0.4 is 19.5 Å². The Bertz CT molecular complexity index is 826. The van der Waals surface area contributed by atoms with Crippen LogP contribution in [0.3, 0.4) is 0 Å². The second-order valence-corrected chi connectivity index (χ2v) is 6.07. The zero-order chi connectivity index (χ0) is 20.5. The number of nitrogens with one attached hydrogen (secondary N) is 1. The molecule has 0 bridgehead atoms.